The molecule has 6 heteroatoms. The Morgan fingerprint density at radius 1 is 0.266 bits per heavy atom. The van der Waals surface area contributed by atoms with Gasteiger partial charge in [-0.25, -0.2) is 0 Å². The van der Waals surface area contributed by atoms with Crippen molar-refractivity contribution in [1.82, 2.24) is 0 Å². The minimum absolute atomic E-state index is 0.0878. The lowest BCUT2D eigenvalue weighted by atomic mass is 10.0. The van der Waals surface area contributed by atoms with Crippen LogP contribution >= 0.6 is 0 Å². The van der Waals surface area contributed by atoms with Crippen LogP contribution in [0.5, 0.6) is 0 Å². The second kappa shape index (κ2) is 66.1. The number of carbonyl (C=O) groups excluding carboxylic acids is 3. The van der Waals surface area contributed by atoms with Gasteiger partial charge in [-0.15, -0.1) is 0 Å². The lowest BCUT2D eigenvalue weighted by molar-refractivity contribution is -0.167. The summed E-state index contributed by atoms with van der Waals surface area (Å²) < 4.78 is 16.8. The van der Waals surface area contributed by atoms with Crippen molar-refractivity contribution in [2.24, 2.45) is 0 Å². The van der Waals surface area contributed by atoms with E-state index in [0.29, 0.717) is 19.3 Å². The van der Waals surface area contributed by atoms with Gasteiger partial charge in [-0.05, 0) is 122 Å². The fraction of sp³-hybridized carbons (Fsp3) is 0.658. The highest BCUT2D eigenvalue weighted by atomic mass is 16.6. The van der Waals surface area contributed by atoms with Crippen LogP contribution in [0.2, 0.25) is 0 Å². The number of esters is 3. The molecular weight excluding hydrogens is 973 g/mol. The van der Waals surface area contributed by atoms with Crippen LogP contribution in [-0.4, -0.2) is 37.2 Å². The Hall–Kier alpha value is -4.45. The lowest BCUT2D eigenvalue weighted by Crippen LogP contribution is -2.30. The molecule has 0 heterocycles. The Balaban J connectivity index is 4.12. The number of hydrogen-bond donors (Lipinski definition) is 0. The first-order valence-electron chi connectivity index (χ1n) is 32.7. The van der Waals surface area contributed by atoms with Crippen LogP contribution in [0.25, 0.3) is 0 Å². The third kappa shape index (κ3) is 64.3. The molecule has 79 heavy (non-hydrogen) atoms. The summed E-state index contributed by atoms with van der Waals surface area (Å²) in [5, 5.41) is 0. The van der Waals surface area contributed by atoms with E-state index in [9.17, 15) is 14.4 Å². The maximum atomic E-state index is 12.8. The van der Waals surface area contributed by atoms with Gasteiger partial charge in [0.05, 0.1) is 0 Å². The van der Waals surface area contributed by atoms with Crippen molar-refractivity contribution in [3.05, 3.63) is 134 Å². The van der Waals surface area contributed by atoms with Crippen LogP contribution in [0.1, 0.15) is 290 Å². The molecule has 0 aromatic carbocycles. The Bertz CT molecular complexity index is 1680. The van der Waals surface area contributed by atoms with E-state index in [0.717, 1.165) is 148 Å². The van der Waals surface area contributed by atoms with Gasteiger partial charge in [0, 0.05) is 19.3 Å². The van der Waals surface area contributed by atoms with Crippen molar-refractivity contribution in [1.29, 1.82) is 0 Å². The molecule has 0 saturated heterocycles. The van der Waals surface area contributed by atoms with Crippen LogP contribution in [-0.2, 0) is 28.6 Å². The highest BCUT2D eigenvalue weighted by molar-refractivity contribution is 5.71. The predicted octanol–water partition coefficient (Wildman–Crippen LogP) is 22.5. The van der Waals surface area contributed by atoms with E-state index in [1.54, 1.807) is 0 Å². The summed E-state index contributed by atoms with van der Waals surface area (Å²) in [6.45, 7) is 6.42. The van der Waals surface area contributed by atoms with Crippen LogP contribution in [0.15, 0.2) is 134 Å². The number of carbonyl (C=O) groups is 3. The number of hydrogen-bond acceptors (Lipinski definition) is 6. The third-order valence-corrected chi connectivity index (χ3v) is 13.6. The van der Waals surface area contributed by atoms with Crippen LogP contribution in [0, 0.1) is 0 Å². The molecule has 1 atom stereocenters. The minimum atomic E-state index is -0.788. The summed E-state index contributed by atoms with van der Waals surface area (Å²) in [7, 11) is 0. The molecule has 0 radical (unpaired) electrons. The monoisotopic (exact) mass is 1090 g/mol. The van der Waals surface area contributed by atoms with Crippen molar-refractivity contribution < 1.29 is 28.6 Å². The fourth-order valence-corrected chi connectivity index (χ4v) is 8.76. The standard InChI is InChI=1S/C73H120O6/c1-4-7-10-13-15-17-19-21-23-25-27-29-31-32-33-34-35-36-37-38-39-40-42-43-45-47-49-51-53-55-57-60-63-66-72(75)78-69-70(68-77-71(74)65-62-59-12-9-6-3)79-73(76)67-64-61-58-56-54-52-50-48-46-44-41-30-28-26-24-22-20-18-16-14-11-8-5-2/h7,10,15,17,20-23,26-29,32-33,35-36,38-39,42-43,47,49,70H,4-6,8-9,11-14,16,18-19,24-25,30-31,34,37,40-41,44-46,48,50-69H2,1-3H3/b10-7-,17-15-,22-20-,23-21-,28-26-,29-27-,33-32-,36-35-,39-38-,43-42-,49-47-. The summed E-state index contributed by atoms with van der Waals surface area (Å²) in [6, 6.07) is 0. The van der Waals surface area contributed by atoms with Gasteiger partial charge in [-0.2, -0.15) is 0 Å². The Morgan fingerprint density at radius 2 is 0.494 bits per heavy atom. The molecule has 0 fully saturated rings. The summed E-state index contributed by atoms with van der Waals surface area (Å²) in [5.41, 5.74) is 0. The van der Waals surface area contributed by atoms with E-state index >= 15 is 0 Å². The normalized spacial score (nSPS) is 13.0. The average molecular weight is 1090 g/mol. The molecule has 448 valence electrons. The highest BCUT2D eigenvalue weighted by Gasteiger charge is 2.19. The topological polar surface area (TPSA) is 78.9 Å². The zero-order valence-corrected chi connectivity index (χ0v) is 51.3. The van der Waals surface area contributed by atoms with Gasteiger partial charge in [0.25, 0.3) is 0 Å². The fourth-order valence-electron chi connectivity index (χ4n) is 8.76. The summed E-state index contributed by atoms with van der Waals surface area (Å²) in [5.74, 6) is -0.922. The van der Waals surface area contributed by atoms with Gasteiger partial charge in [0.2, 0.25) is 0 Å². The Kier molecular flexibility index (Phi) is 62.3. The largest absolute Gasteiger partial charge is 0.462 e. The maximum absolute atomic E-state index is 12.8. The van der Waals surface area contributed by atoms with Crippen molar-refractivity contribution >= 4 is 17.9 Å². The molecule has 6 nitrogen and oxygen atoms in total. The summed E-state index contributed by atoms with van der Waals surface area (Å²) >= 11 is 0. The quantitative estimate of drug-likeness (QED) is 0.0261. The molecule has 0 aromatic rings. The van der Waals surface area contributed by atoms with Gasteiger partial charge < -0.3 is 14.2 Å². The van der Waals surface area contributed by atoms with Crippen molar-refractivity contribution in [2.75, 3.05) is 13.2 Å². The molecular formula is C73H120O6. The van der Waals surface area contributed by atoms with E-state index in [4.69, 9.17) is 14.2 Å². The average Bonchev–Trinajstić information content (AvgIpc) is 3.45. The smallest absolute Gasteiger partial charge is 0.306 e. The summed E-state index contributed by atoms with van der Waals surface area (Å²) in [4.78, 5) is 37.9. The van der Waals surface area contributed by atoms with Gasteiger partial charge in [-0.1, -0.05) is 283 Å². The maximum Gasteiger partial charge on any atom is 0.306 e. The van der Waals surface area contributed by atoms with Crippen molar-refractivity contribution in [2.45, 2.75) is 297 Å². The number of unbranched alkanes of at least 4 members (excludes halogenated alkanes) is 25. The van der Waals surface area contributed by atoms with E-state index in [2.05, 4.69) is 154 Å². The molecule has 0 amide bonds. The second-order valence-corrected chi connectivity index (χ2v) is 21.3. The Morgan fingerprint density at radius 3 is 0.772 bits per heavy atom. The van der Waals surface area contributed by atoms with Crippen molar-refractivity contribution in [3.8, 4) is 0 Å². The number of rotatable bonds is 58. The SMILES string of the molecule is CC/C=C\C/C=C\C/C=C\C/C=C\C/C=C\C/C=C\C/C=C\C/C=C\C/C=C\CCCCCCCC(=O)OCC(COC(=O)CCCCCCC)OC(=O)CCCCCCCCCCCCC/C=C\C/C=C\CCCCCCC. The van der Waals surface area contributed by atoms with Crippen molar-refractivity contribution in [3.63, 3.8) is 0 Å². The van der Waals surface area contributed by atoms with Gasteiger partial charge >= 0.3 is 17.9 Å². The second-order valence-electron chi connectivity index (χ2n) is 21.3. The number of allylic oxidation sites excluding steroid dienone is 22. The molecule has 0 aliphatic carbocycles. The molecule has 0 aliphatic heterocycles. The zero-order valence-electron chi connectivity index (χ0n) is 51.3. The molecule has 0 rings (SSSR count). The first kappa shape index (κ1) is 74.5. The molecule has 1 unspecified atom stereocenters. The first-order chi connectivity index (χ1) is 39.0. The zero-order chi connectivity index (χ0) is 57.1. The predicted molar refractivity (Wildman–Crippen MR) is 343 cm³/mol. The first-order valence-corrected chi connectivity index (χ1v) is 32.7. The van der Waals surface area contributed by atoms with E-state index < -0.39 is 6.10 Å². The molecule has 0 saturated carbocycles. The van der Waals surface area contributed by atoms with E-state index in [-0.39, 0.29) is 31.1 Å². The van der Waals surface area contributed by atoms with Gasteiger partial charge in [0.1, 0.15) is 13.2 Å². The van der Waals surface area contributed by atoms with Crippen LogP contribution in [0.3, 0.4) is 0 Å². The lowest BCUT2D eigenvalue weighted by Gasteiger charge is -2.18. The van der Waals surface area contributed by atoms with Gasteiger partial charge in [0.15, 0.2) is 6.10 Å². The summed E-state index contributed by atoms with van der Waals surface area (Å²) in [6.07, 6.45) is 93.6. The molecule has 0 bridgehead atoms. The van der Waals surface area contributed by atoms with E-state index in [1.807, 2.05) is 0 Å². The number of ether oxygens (including phenoxy) is 3. The van der Waals surface area contributed by atoms with Crippen LogP contribution in [0.4, 0.5) is 0 Å². The minimum Gasteiger partial charge on any atom is -0.462 e. The molecule has 0 N–H and O–H groups in total. The third-order valence-electron chi connectivity index (χ3n) is 13.6. The highest BCUT2D eigenvalue weighted by Crippen LogP contribution is 2.15. The molecule has 0 spiro atoms. The van der Waals surface area contributed by atoms with Gasteiger partial charge in [-0.3, -0.25) is 14.4 Å². The van der Waals surface area contributed by atoms with E-state index in [1.165, 1.54) is 103 Å². The Labute approximate surface area is 487 Å². The van der Waals surface area contributed by atoms with Crippen LogP contribution < -0.4 is 0 Å². The molecule has 0 aromatic heterocycles. The molecule has 0 aliphatic rings.